The molecule has 2 rings (SSSR count). The molecule has 3 N–H and O–H groups in total. The Morgan fingerprint density at radius 1 is 1.31 bits per heavy atom. The number of carbonyl (C=O) groups is 1. The van der Waals surface area contributed by atoms with Crippen molar-refractivity contribution in [1.82, 2.24) is 15.5 Å². The number of anilines is 1. The van der Waals surface area contributed by atoms with Gasteiger partial charge in [0.2, 0.25) is 5.91 Å². The number of likely N-dealkylation sites (tertiary alicyclic amines) is 1. The van der Waals surface area contributed by atoms with Gasteiger partial charge in [0.05, 0.1) is 6.54 Å². The van der Waals surface area contributed by atoms with Crippen LogP contribution in [0.3, 0.4) is 0 Å². The normalized spacial score (nSPS) is 16.6. The predicted octanol–water partition coefficient (Wildman–Crippen LogP) is 2.23. The Bertz CT molecular complexity index is 606. The Morgan fingerprint density at radius 3 is 2.65 bits per heavy atom. The second-order valence-electron chi connectivity index (χ2n) is 7.08. The summed E-state index contributed by atoms with van der Waals surface area (Å²) in [5.41, 5.74) is 2.04. The second kappa shape index (κ2) is 10.2. The summed E-state index contributed by atoms with van der Waals surface area (Å²) in [5, 5.41) is 9.47. The summed E-state index contributed by atoms with van der Waals surface area (Å²) in [7, 11) is 1.74. The van der Waals surface area contributed by atoms with Crippen LogP contribution in [0.15, 0.2) is 29.3 Å². The van der Waals surface area contributed by atoms with Crippen LogP contribution in [0.4, 0.5) is 5.69 Å². The summed E-state index contributed by atoms with van der Waals surface area (Å²) < 4.78 is 0. The number of nitrogens with one attached hydrogen (secondary N) is 3. The maximum Gasteiger partial charge on any atom is 0.243 e. The lowest BCUT2D eigenvalue weighted by Gasteiger charge is -2.35. The van der Waals surface area contributed by atoms with Crippen LogP contribution in [0.2, 0.25) is 0 Å². The Kier molecular flexibility index (Phi) is 7.91. The zero-order valence-corrected chi connectivity index (χ0v) is 16.5. The van der Waals surface area contributed by atoms with Crippen LogP contribution in [0.5, 0.6) is 0 Å². The molecule has 1 aliphatic rings. The Labute approximate surface area is 157 Å². The molecule has 0 radical (unpaired) electrons. The highest BCUT2D eigenvalue weighted by Gasteiger charge is 2.21. The van der Waals surface area contributed by atoms with Crippen molar-refractivity contribution in [2.24, 2.45) is 4.99 Å². The van der Waals surface area contributed by atoms with Gasteiger partial charge in [0.25, 0.3) is 0 Å². The Hall–Kier alpha value is -2.08. The average molecular weight is 360 g/mol. The highest BCUT2D eigenvalue weighted by molar-refractivity contribution is 5.95. The molecule has 1 aliphatic heterocycles. The van der Waals surface area contributed by atoms with Gasteiger partial charge in [0.15, 0.2) is 5.96 Å². The monoisotopic (exact) mass is 359 g/mol. The molecule has 144 valence electrons. The van der Waals surface area contributed by atoms with E-state index in [-0.39, 0.29) is 12.5 Å². The quantitative estimate of drug-likeness (QED) is 0.538. The molecule has 1 saturated heterocycles. The molecular weight excluding hydrogens is 326 g/mol. The van der Waals surface area contributed by atoms with Crippen LogP contribution in [-0.2, 0) is 11.2 Å². The highest BCUT2D eigenvalue weighted by atomic mass is 16.1. The van der Waals surface area contributed by atoms with E-state index < -0.39 is 0 Å². The first-order chi connectivity index (χ1) is 12.5. The fraction of sp³-hybridized carbons (Fsp3) is 0.600. The molecule has 0 atom stereocenters. The summed E-state index contributed by atoms with van der Waals surface area (Å²) in [6.45, 7) is 8.97. The van der Waals surface area contributed by atoms with E-state index in [4.69, 9.17) is 0 Å². The summed E-state index contributed by atoms with van der Waals surface area (Å²) >= 11 is 0. The molecule has 1 aromatic rings. The maximum absolute atomic E-state index is 12.2. The highest BCUT2D eigenvalue weighted by Crippen LogP contribution is 2.13. The second-order valence-corrected chi connectivity index (χ2v) is 7.08. The van der Waals surface area contributed by atoms with Crippen LogP contribution < -0.4 is 16.0 Å². The van der Waals surface area contributed by atoms with Gasteiger partial charge < -0.3 is 20.9 Å². The number of rotatable bonds is 6. The molecule has 0 bridgehead atoms. The van der Waals surface area contributed by atoms with Gasteiger partial charge in [-0.3, -0.25) is 9.79 Å². The number of aryl methyl sites for hydroxylation is 1. The summed E-state index contributed by atoms with van der Waals surface area (Å²) in [6, 6.07) is 8.94. The van der Waals surface area contributed by atoms with Crippen molar-refractivity contribution in [2.45, 2.75) is 52.1 Å². The van der Waals surface area contributed by atoms with Gasteiger partial charge >= 0.3 is 0 Å². The molecule has 26 heavy (non-hydrogen) atoms. The summed E-state index contributed by atoms with van der Waals surface area (Å²) in [4.78, 5) is 18.9. The molecule has 6 nitrogen and oxygen atoms in total. The standard InChI is InChI=1S/C20H33N5O/c1-5-16-7-6-8-18(13-16)23-19(26)14-22-20(21-4)24-17-9-11-25(12-10-17)15(2)3/h6-8,13,15,17H,5,9-12,14H2,1-4H3,(H,23,26)(H2,21,22,24). The van der Waals surface area contributed by atoms with Crippen molar-refractivity contribution < 1.29 is 4.79 Å². The van der Waals surface area contributed by atoms with Crippen LogP contribution in [-0.4, -0.2) is 55.5 Å². The first kappa shape index (κ1) is 20.2. The van der Waals surface area contributed by atoms with Gasteiger partial charge in [-0.15, -0.1) is 0 Å². The summed E-state index contributed by atoms with van der Waals surface area (Å²) in [5.74, 6) is 0.612. The summed E-state index contributed by atoms with van der Waals surface area (Å²) in [6.07, 6.45) is 3.14. The van der Waals surface area contributed by atoms with Gasteiger partial charge in [-0.05, 0) is 50.8 Å². The van der Waals surface area contributed by atoms with Crippen molar-refractivity contribution in [3.8, 4) is 0 Å². The third-order valence-corrected chi connectivity index (χ3v) is 4.86. The Balaban J connectivity index is 1.75. The molecule has 1 fully saturated rings. The van der Waals surface area contributed by atoms with E-state index in [1.807, 2.05) is 18.2 Å². The zero-order valence-electron chi connectivity index (χ0n) is 16.5. The molecule has 1 amide bonds. The number of hydrogen-bond acceptors (Lipinski definition) is 3. The number of nitrogens with zero attached hydrogens (tertiary/aromatic N) is 2. The van der Waals surface area contributed by atoms with Crippen molar-refractivity contribution in [2.75, 3.05) is 32.0 Å². The van der Waals surface area contributed by atoms with E-state index in [0.29, 0.717) is 18.0 Å². The largest absolute Gasteiger partial charge is 0.354 e. The number of piperidine rings is 1. The molecule has 6 heteroatoms. The van der Waals surface area contributed by atoms with E-state index in [9.17, 15) is 4.79 Å². The van der Waals surface area contributed by atoms with Crippen LogP contribution in [0, 0.1) is 0 Å². The van der Waals surface area contributed by atoms with E-state index in [1.165, 1.54) is 5.56 Å². The fourth-order valence-corrected chi connectivity index (χ4v) is 3.19. The third-order valence-electron chi connectivity index (χ3n) is 4.86. The number of aliphatic imine (C=N–C) groups is 1. The van der Waals surface area contributed by atoms with E-state index in [1.54, 1.807) is 7.05 Å². The molecule has 1 heterocycles. The maximum atomic E-state index is 12.2. The van der Waals surface area contributed by atoms with Crippen molar-refractivity contribution >= 4 is 17.6 Å². The lowest BCUT2D eigenvalue weighted by molar-refractivity contribution is -0.115. The minimum absolute atomic E-state index is 0.0733. The third kappa shape index (κ3) is 6.33. The first-order valence-corrected chi connectivity index (χ1v) is 9.61. The molecule has 0 saturated carbocycles. The minimum Gasteiger partial charge on any atom is -0.354 e. The topological polar surface area (TPSA) is 68.8 Å². The Morgan fingerprint density at radius 2 is 2.04 bits per heavy atom. The number of hydrogen-bond donors (Lipinski definition) is 3. The average Bonchev–Trinajstić information content (AvgIpc) is 2.65. The number of amides is 1. The SMILES string of the molecule is CCc1cccc(NC(=O)CNC(=NC)NC2CCN(C(C)C)CC2)c1. The number of carbonyl (C=O) groups excluding carboxylic acids is 1. The van der Waals surface area contributed by atoms with Gasteiger partial charge in [0.1, 0.15) is 0 Å². The molecule has 0 spiro atoms. The van der Waals surface area contributed by atoms with Crippen molar-refractivity contribution in [3.05, 3.63) is 29.8 Å². The molecule has 0 unspecified atom stereocenters. The molecular formula is C20H33N5O. The van der Waals surface area contributed by atoms with Gasteiger partial charge in [0, 0.05) is 37.9 Å². The van der Waals surface area contributed by atoms with E-state index in [2.05, 4.69) is 52.7 Å². The van der Waals surface area contributed by atoms with Gasteiger partial charge in [-0.25, -0.2) is 0 Å². The number of benzene rings is 1. The fourth-order valence-electron chi connectivity index (χ4n) is 3.19. The lowest BCUT2D eigenvalue weighted by atomic mass is 10.0. The van der Waals surface area contributed by atoms with E-state index in [0.717, 1.165) is 38.0 Å². The number of guanidine groups is 1. The van der Waals surface area contributed by atoms with E-state index >= 15 is 0 Å². The van der Waals surface area contributed by atoms with Crippen LogP contribution >= 0.6 is 0 Å². The molecule has 0 aliphatic carbocycles. The molecule has 0 aromatic heterocycles. The van der Waals surface area contributed by atoms with Gasteiger partial charge in [-0.1, -0.05) is 19.1 Å². The van der Waals surface area contributed by atoms with Gasteiger partial charge in [-0.2, -0.15) is 0 Å². The predicted molar refractivity (Wildman–Crippen MR) is 109 cm³/mol. The van der Waals surface area contributed by atoms with Crippen LogP contribution in [0.25, 0.3) is 0 Å². The zero-order chi connectivity index (χ0) is 18.9. The minimum atomic E-state index is -0.0733. The lowest BCUT2D eigenvalue weighted by Crippen LogP contribution is -2.50. The van der Waals surface area contributed by atoms with Crippen LogP contribution in [0.1, 0.15) is 39.2 Å². The van der Waals surface area contributed by atoms with Crippen molar-refractivity contribution in [3.63, 3.8) is 0 Å². The molecule has 1 aromatic carbocycles. The van der Waals surface area contributed by atoms with Crippen molar-refractivity contribution in [1.29, 1.82) is 0 Å². The smallest absolute Gasteiger partial charge is 0.243 e. The first-order valence-electron chi connectivity index (χ1n) is 9.61.